The van der Waals surface area contributed by atoms with Crippen molar-refractivity contribution < 1.29 is 14.3 Å². The lowest BCUT2D eigenvalue weighted by Crippen LogP contribution is -2.28. The Bertz CT molecular complexity index is 527. The molecule has 0 radical (unpaired) electrons. The smallest absolute Gasteiger partial charge is 0.253 e. The largest absolute Gasteiger partial charge is 0.497 e. The highest BCUT2D eigenvalue weighted by atomic mass is 16.5. The molecule has 1 aromatic rings. The molecular weight excluding hydrogens is 270 g/mol. The van der Waals surface area contributed by atoms with Gasteiger partial charge in [-0.2, -0.15) is 0 Å². The van der Waals surface area contributed by atoms with E-state index in [9.17, 15) is 9.59 Å². The maximum Gasteiger partial charge on any atom is 0.253 e. The van der Waals surface area contributed by atoms with Gasteiger partial charge in [-0.1, -0.05) is 0 Å². The first-order chi connectivity index (χ1) is 10.1. The lowest BCUT2D eigenvalue weighted by molar-refractivity contribution is -0.121. The van der Waals surface area contributed by atoms with Crippen LogP contribution in [0.2, 0.25) is 0 Å². The molecule has 2 amide bonds. The lowest BCUT2D eigenvalue weighted by Gasteiger charge is -2.09. The number of nitrogens with one attached hydrogen (secondary N) is 2. The Labute approximate surface area is 124 Å². The van der Waals surface area contributed by atoms with Gasteiger partial charge in [0.05, 0.1) is 12.7 Å². The van der Waals surface area contributed by atoms with Gasteiger partial charge in [-0.05, 0) is 31.4 Å². The summed E-state index contributed by atoms with van der Waals surface area (Å²) in [5.74, 6) is 0.425. The number of nitrogen functional groups attached to an aromatic ring is 1. The van der Waals surface area contributed by atoms with Crippen molar-refractivity contribution in [1.82, 2.24) is 10.6 Å². The van der Waals surface area contributed by atoms with Gasteiger partial charge >= 0.3 is 0 Å². The second-order valence-electron chi connectivity index (χ2n) is 5.15. The molecular formula is C15H21N3O3. The number of hydrogen-bond acceptors (Lipinski definition) is 4. The van der Waals surface area contributed by atoms with Gasteiger partial charge in [0, 0.05) is 30.8 Å². The molecule has 1 aliphatic rings. The first-order valence-corrected chi connectivity index (χ1v) is 7.11. The molecule has 0 saturated heterocycles. The zero-order valence-electron chi connectivity index (χ0n) is 12.1. The van der Waals surface area contributed by atoms with E-state index in [2.05, 4.69) is 10.6 Å². The molecule has 1 aromatic carbocycles. The Hall–Kier alpha value is -2.24. The van der Waals surface area contributed by atoms with Crippen molar-refractivity contribution in [1.29, 1.82) is 0 Å². The number of carbonyl (C=O) groups is 2. The minimum atomic E-state index is -0.238. The van der Waals surface area contributed by atoms with Crippen molar-refractivity contribution in [2.24, 2.45) is 0 Å². The van der Waals surface area contributed by atoms with Crippen LogP contribution < -0.4 is 21.1 Å². The van der Waals surface area contributed by atoms with Crippen LogP contribution in [-0.2, 0) is 4.79 Å². The summed E-state index contributed by atoms with van der Waals surface area (Å²) in [7, 11) is 1.54. The minimum Gasteiger partial charge on any atom is -0.497 e. The summed E-state index contributed by atoms with van der Waals surface area (Å²) < 4.78 is 5.04. The standard InChI is InChI=1S/C15H21N3O3/c1-21-11-6-7-12(13(16)9-11)15(20)17-8-2-3-14(19)18-10-4-5-10/h6-7,9-10H,2-5,8,16H2,1H3,(H,17,20)(H,18,19). The molecule has 0 heterocycles. The van der Waals surface area contributed by atoms with Gasteiger partial charge in [0.25, 0.3) is 5.91 Å². The number of anilines is 1. The fourth-order valence-electron chi connectivity index (χ4n) is 1.95. The normalized spacial score (nSPS) is 13.6. The van der Waals surface area contributed by atoms with Gasteiger partial charge in [-0.15, -0.1) is 0 Å². The second-order valence-corrected chi connectivity index (χ2v) is 5.15. The number of amides is 2. The molecule has 0 bridgehead atoms. The van der Waals surface area contributed by atoms with Crippen LogP contribution in [-0.4, -0.2) is 31.5 Å². The van der Waals surface area contributed by atoms with Gasteiger partial charge in [-0.25, -0.2) is 0 Å². The Morgan fingerprint density at radius 2 is 2.14 bits per heavy atom. The van der Waals surface area contributed by atoms with E-state index < -0.39 is 0 Å². The van der Waals surface area contributed by atoms with E-state index in [0.29, 0.717) is 42.4 Å². The second kappa shape index (κ2) is 6.97. The molecule has 114 valence electrons. The Kier molecular flexibility index (Phi) is 5.03. The van der Waals surface area contributed by atoms with Gasteiger partial charge in [-0.3, -0.25) is 9.59 Å². The Balaban J connectivity index is 1.72. The van der Waals surface area contributed by atoms with Crippen molar-refractivity contribution in [3.63, 3.8) is 0 Å². The molecule has 0 aliphatic heterocycles. The summed E-state index contributed by atoms with van der Waals surface area (Å²) in [6.45, 7) is 0.447. The Morgan fingerprint density at radius 3 is 2.76 bits per heavy atom. The van der Waals surface area contributed by atoms with E-state index in [1.807, 2.05) is 0 Å². The van der Waals surface area contributed by atoms with Crippen LogP contribution >= 0.6 is 0 Å². The van der Waals surface area contributed by atoms with Crippen molar-refractivity contribution in [3.8, 4) is 5.75 Å². The molecule has 6 heteroatoms. The summed E-state index contributed by atoms with van der Waals surface area (Å²) in [4.78, 5) is 23.4. The van der Waals surface area contributed by atoms with E-state index >= 15 is 0 Å². The fourth-order valence-corrected chi connectivity index (χ4v) is 1.95. The average molecular weight is 291 g/mol. The fraction of sp³-hybridized carbons (Fsp3) is 0.467. The van der Waals surface area contributed by atoms with Gasteiger partial charge < -0.3 is 21.1 Å². The summed E-state index contributed by atoms with van der Waals surface area (Å²) in [6.07, 6.45) is 3.20. The maximum absolute atomic E-state index is 12.0. The predicted molar refractivity (Wildman–Crippen MR) is 80.1 cm³/mol. The number of methoxy groups -OCH3 is 1. The highest BCUT2D eigenvalue weighted by molar-refractivity contribution is 5.99. The third-order valence-electron chi connectivity index (χ3n) is 3.31. The molecule has 0 aromatic heterocycles. The molecule has 1 fully saturated rings. The van der Waals surface area contributed by atoms with Crippen LogP contribution in [0.4, 0.5) is 5.69 Å². The minimum absolute atomic E-state index is 0.0516. The Morgan fingerprint density at radius 1 is 1.38 bits per heavy atom. The van der Waals surface area contributed by atoms with Gasteiger partial charge in [0.2, 0.25) is 5.91 Å². The van der Waals surface area contributed by atoms with Crippen LogP contribution in [0.15, 0.2) is 18.2 Å². The van der Waals surface area contributed by atoms with Gasteiger partial charge in [0.15, 0.2) is 0 Å². The monoisotopic (exact) mass is 291 g/mol. The summed E-state index contributed by atoms with van der Waals surface area (Å²) in [6, 6.07) is 5.31. The molecule has 1 aliphatic carbocycles. The first-order valence-electron chi connectivity index (χ1n) is 7.11. The molecule has 1 saturated carbocycles. The van der Waals surface area contributed by atoms with Crippen LogP contribution in [0.5, 0.6) is 5.75 Å². The van der Waals surface area contributed by atoms with E-state index in [1.165, 1.54) is 0 Å². The van der Waals surface area contributed by atoms with E-state index in [4.69, 9.17) is 10.5 Å². The predicted octanol–water partition coefficient (Wildman–Crippen LogP) is 1.07. The SMILES string of the molecule is COc1ccc(C(=O)NCCCC(=O)NC2CC2)c(N)c1. The van der Waals surface area contributed by atoms with Gasteiger partial charge in [0.1, 0.15) is 5.75 Å². The highest BCUT2D eigenvalue weighted by Gasteiger charge is 2.22. The van der Waals surface area contributed by atoms with Crippen LogP contribution in [0.3, 0.4) is 0 Å². The molecule has 21 heavy (non-hydrogen) atoms. The number of nitrogens with two attached hydrogens (primary N) is 1. The van der Waals surface area contributed by atoms with Crippen LogP contribution in [0.25, 0.3) is 0 Å². The topological polar surface area (TPSA) is 93.4 Å². The summed E-state index contributed by atoms with van der Waals surface area (Å²) in [5, 5.41) is 5.67. The van der Waals surface area contributed by atoms with Crippen LogP contribution in [0.1, 0.15) is 36.0 Å². The molecule has 0 unspecified atom stereocenters. The zero-order valence-corrected chi connectivity index (χ0v) is 12.1. The third-order valence-corrected chi connectivity index (χ3v) is 3.31. The molecule has 0 atom stereocenters. The highest BCUT2D eigenvalue weighted by Crippen LogP contribution is 2.20. The zero-order chi connectivity index (χ0) is 15.2. The molecule has 4 N–H and O–H groups in total. The summed E-state index contributed by atoms with van der Waals surface area (Å²) >= 11 is 0. The van der Waals surface area contributed by atoms with Crippen molar-refractivity contribution in [2.75, 3.05) is 19.4 Å². The number of ether oxygens (including phenoxy) is 1. The van der Waals surface area contributed by atoms with Crippen molar-refractivity contribution in [3.05, 3.63) is 23.8 Å². The quantitative estimate of drug-likeness (QED) is 0.517. The average Bonchev–Trinajstić information content (AvgIpc) is 3.27. The lowest BCUT2D eigenvalue weighted by atomic mass is 10.1. The van der Waals surface area contributed by atoms with E-state index in [1.54, 1.807) is 25.3 Å². The maximum atomic E-state index is 12.0. The third kappa shape index (κ3) is 4.66. The number of benzene rings is 1. The number of hydrogen-bond donors (Lipinski definition) is 3. The first kappa shape index (κ1) is 15.2. The van der Waals surface area contributed by atoms with Crippen LogP contribution in [0, 0.1) is 0 Å². The van der Waals surface area contributed by atoms with E-state index in [-0.39, 0.29) is 11.8 Å². The van der Waals surface area contributed by atoms with Crippen molar-refractivity contribution >= 4 is 17.5 Å². The molecule has 0 spiro atoms. The molecule has 2 rings (SSSR count). The number of carbonyl (C=O) groups excluding carboxylic acids is 2. The van der Waals surface area contributed by atoms with Crippen molar-refractivity contribution in [2.45, 2.75) is 31.7 Å². The summed E-state index contributed by atoms with van der Waals surface area (Å²) in [5.41, 5.74) is 6.60. The van der Waals surface area contributed by atoms with E-state index in [0.717, 1.165) is 12.8 Å². The molecule has 6 nitrogen and oxygen atoms in total. The number of rotatable bonds is 7.